The van der Waals surface area contributed by atoms with Crippen molar-refractivity contribution in [2.45, 2.75) is 44.6 Å². The molecule has 3 rings (SSSR count). The monoisotopic (exact) mass is 344 g/mol. The summed E-state index contributed by atoms with van der Waals surface area (Å²) < 4.78 is 5.48. The highest BCUT2D eigenvalue weighted by Crippen LogP contribution is 2.39. The second-order valence-corrected chi connectivity index (χ2v) is 7.58. The van der Waals surface area contributed by atoms with Gasteiger partial charge in [0, 0.05) is 37.6 Å². The van der Waals surface area contributed by atoms with Crippen LogP contribution in [0.1, 0.15) is 38.5 Å². The molecule has 2 saturated heterocycles. The van der Waals surface area contributed by atoms with Crippen LogP contribution in [0.4, 0.5) is 0 Å². The summed E-state index contributed by atoms with van der Waals surface area (Å²) in [6.07, 6.45) is 8.54. The van der Waals surface area contributed by atoms with Crippen LogP contribution in [0.3, 0.4) is 0 Å². The van der Waals surface area contributed by atoms with Crippen molar-refractivity contribution < 1.29 is 4.74 Å². The van der Waals surface area contributed by atoms with Crippen molar-refractivity contribution >= 4 is 15.9 Å². The van der Waals surface area contributed by atoms with Crippen LogP contribution < -0.4 is 0 Å². The predicted molar refractivity (Wildman–Crippen MR) is 86.5 cm³/mol. The molecular weight excluding hydrogens is 316 g/mol. The summed E-state index contributed by atoms with van der Waals surface area (Å²) in [6.45, 7) is 8.05. The normalized spacial score (nSPS) is 32.5. The molecule has 0 aromatic rings. The summed E-state index contributed by atoms with van der Waals surface area (Å²) in [4.78, 5) is 5.40. The Labute approximate surface area is 132 Å². The van der Waals surface area contributed by atoms with Crippen molar-refractivity contribution in [3.05, 3.63) is 0 Å². The van der Waals surface area contributed by atoms with Gasteiger partial charge in [0.05, 0.1) is 13.2 Å². The minimum Gasteiger partial charge on any atom is -0.379 e. The van der Waals surface area contributed by atoms with Crippen molar-refractivity contribution in [1.29, 1.82) is 0 Å². The lowest BCUT2D eigenvalue weighted by Crippen LogP contribution is -2.46. The van der Waals surface area contributed by atoms with Crippen molar-refractivity contribution in [3.63, 3.8) is 0 Å². The summed E-state index contributed by atoms with van der Waals surface area (Å²) in [7, 11) is 0. The summed E-state index contributed by atoms with van der Waals surface area (Å²) in [5.74, 6) is 0. The lowest BCUT2D eigenvalue weighted by atomic mass is 9.75. The van der Waals surface area contributed by atoms with Crippen LogP contribution in [0, 0.1) is 5.41 Å². The smallest absolute Gasteiger partial charge is 0.0594 e. The topological polar surface area (TPSA) is 15.7 Å². The molecule has 1 unspecified atom stereocenters. The van der Waals surface area contributed by atoms with E-state index in [-0.39, 0.29) is 0 Å². The lowest BCUT2D eigenvalue weighted by Gasteiger charge is -2.39. The van der Waals surface area contributed by atoms with Gasteiger partial charge in [-0.3, -0.25) is 4.90 Å². The molecule has 1 saturated carbocycles. The van der Waals surface area contributed by atoms with E-state index in [1.807, 2.05) is 0 Å². The molecule has 0 bridgehead atoms. The Bertz CT molecular complexity index is 301. The van der Waals surface area contributed by atoms with Gasteiger partial charge in [0.1, 0.15) is 0 Å². The van der Waals surface area contributed by atoms with E-state index >= 15 is 0 Å². The van der Waals surface area contributed by atoms with Gasteiger partial charge < -0.3 is 9.64 Å². The number of ether oxygens (including phenoxy) is 1. The fraction of sp³-hybridized carbons (Fsp3) is 1.00. The van der Waals surface area contributed by atoms with Crippen LogP contribution in [0.5, 0.6) is 0 Å². The van der Waals surface area contributed by atoms with Gasteiger partial charge >= 0.3 is 0 Å². The number of hydrogen-bond donors (Lipinski definition) is 0. The van der Waals surface area contributed by atoms with E-state index in [4.69, 9.17) is 4.74 Å². The van der Waals surface area contributed by atoms with Crippen molar-refractivity contribution in [3.8, 4) is 0 Å². The minimum atomic E-state index is 0.568. The van der Waals surface area contributed by atoms with Crippen molar-refractivity contribution in [1.82, 2.24) is 9.80 Å². The van der Waals surface area contributed by atoms with Crippen molar-refractivity contribution in [2.24, 2.45) is 5.41 Å². The molecule has 3 nitrogen and oxygen atoms in total. The molecule has 2 aliphatic heterocycles. The van der Waals surface area contributed by atoms with Crippen LogP contribution in [-0.4, -0.2) is 67.1 Å². The van der Waals surface area contributed by atoms with Crippen LogP contribution in [0.25, 0.3) is 0 Å². The molecule has 4 heteroatoms. The molecule has 0 N–H and O–H groups in total. The highest BCUT2D eigenvalue weighted by atomic mass is 79.9. The van der Waals surface area contributed by atoms with Crippen LogP contribution in [-0.2, 0) is 4.74 Å². The Balaban J connectivity index is 1.51. The van der Waals surface area contributed by atoms with Crippen LogP contribution in [0.2, 0.25) is 0 Å². The van der Waals surface area contributed by atoms with E-state index in [1.54, 1.807) is 0 Å². The van der Waals surface area contributed by atoms with Crippen LogP contribution >= 0.6 is 15.9 Å². The number of nitrogens with zero attached hydrogens (tertiary/aromatic N) is 2. The highest BCUT2D eigenvalue weighted by Gasteiger charge is 2.36. The maximum Gasteiger partial charge on any atom is 0.0594 e. The first-order chi connectivity index (χ1) is 9.81. The Morgan fingerprint density at radius 3 is 2.50 bits per heavy atom. The first-order valence-corrected chi connectivity index (χ1v) is 9.54. The summed E-state index contributed by atoms with van der Waals surface area (Å²) in [5.41, 5.74) is 0.568. The molecule has 3 aliphatic rings. The van der Waals surface area contributed by atoms with E-state index in [2.05, 4.69) is 25.7 Å². The number of hydrogen-bond acceptors (Lipinski definition) is 3. The molecule has 1 aliphatic carbocycles. The Hall–Kier alpha value is 0.360. The van der Waals surface area contributed by atoms with Gasteiger partial charge in [-0.1, -0.05) is 35.2 Å². The summed E-state index contributed by atoms with van der Waals surface area (Å²) >= 11 is 3.81. The minimum absolute atomic E-state index is 0.568. The predicted octanol–water partition coefficient (Wildman–Crippen LogP) is 2.74. The zero-order chi connectivity index (χ0) is 13.8. The second-order valence-electron chi connectivity index (χ2n) is 7.02. The highest BCUT2D eigenvalue weighted by molar-refractivity contribution is 9.09. The third-order valence-corrected chi connectivity index (χ3v) is 6.76. The van der Waals surface area contributed by atoms with E-state index in [0.29, 0.717) is 5.41 Å². The van der Waals surface area contributed by atoms with Gasteiger partial charge in [0.15, 0.2) is 0 Å². The molecule has 0 aromatic carbocycles. The number of morpholine rings is 1. The number of alkyl halides is 1. The maximum atomic E-state index is 5.48. The van der Waals surface area contributed by atoms with Gasteiger partial charge in [-0.05, 0) is 31.2 Å². The Morgan fingerprint density at radius 1 is 1.05 bits per heavy atom. The summed E-state index contributed by atoms with van der Waals surface area (Å²) in [6, 6.07) is 0.787. The first-order valence-electron chi connectivity index (χ1n) is 8.41. The molecule has 20 heavy (non-hydrogen) atoms. The van der Waals surface area contributed by atoms with E-state index in [0.717, 1.165) is 32.3 Å². The van der Waals surface area contributed by atoms with E-state index < -0.39 is 0 Å². The van der Waals surface area contributed by atoms with Gasteiger partial charge in [-0.15, -0.1) is 0 Å². The first kappa shape index (κ1) is 15.3. The van der Waals surface area contributed by atoms with Gasteiger partial charge in [0.2, 0.25) is 0 Å². The largest absolute Gasteiger partial charge is 0.379 e. The van der Waals surface area contributed by atoms with Crippen molar-refractivity contribution in [2.75, 3.05) is 51.3 Å². The molecule has 2 heterocycles. The van der Waals surface area contributed by atoms with E-state index in [1.165, 1.54) is 63.5 Å². The number of halogens is 1. The second kappa shape index (κ2) is 7.08. The number of likely N-dealkylation sites (tertiary alicyclic amines) is 1. The van der Waals surface area contributed by atoms with Gasteiger partial charge in [-0.2, -0.15) is 0 Å². The molecule has 1 atom stereocenters. The molecule has 116 valence electrons. The molecule has 3 fully saturated rings. The van der Waals surface area contributed by atoms with E-state index in [9.17, 15) is 0 Å². The third kappa shape index (κ3) is 3.57. The molecule has 0 amide bonds. The maximum absolute atomic E-state index is 5.48. The fourth-order valence-electron chi connectivity index (χ4n) is 4.31. The lowest BCUT2D eigenvalue weighted by molar-refractivity contribution is 0.0173. The number of rotatable bonds is 4. The fourth-order valence-corrected chi connectivity index (χ4v) is 5.04. The van der Waals surface area contributed by atoms with Gasteiger partial charge in [0.25, 0.3) is 0 Å². The quantitative estimate of drug-likeness (QED) is 0.729. The third-order valence-electron chi connectivity index (χ3n) is 5.57. The zero-order valence-electron chi connectivity index (χ0n) is 12.7. The Morgan fingerprint density at radius 2 is 1.80 bits per heavy atom. The van der Waals surface area contributed by atoms with Gasteiger partial charge in [-0.25, -0.2) is 0 Å². The Kier molecular flexibility index (Phi) is 5.40. The molecular formula is C16H29BrN2O. The standard InChI is InChI=1S/C16H29BrN2O/c17-13-16(5-2-1-3-6-16)14-18-7-4-15(12-18)19-8-10-20-11-9-19/h15H,1-14H2. The molecule has 0 spiro atoms. The average molecular weight is 345 g/mol. The average Bonchev–Trinajstić information content (AvgIpc) is 2.97. The summed E-state index contributed by atoms with van der Waals surface area (Å²) in [5, 5.41) is 1.19. The van der Waals surface area contributed by atoms with Crippen LogP contribution in [0.15, 0.2) is 0 Å². The SMILES string of the molecule is BrCC1(CN2CCC(N3CCOCC3)C2)CCCCC1. The molecule has 0 radical (unpaired) electrons. The zero-order valence-corrected chi connectivity index (χ0v) is 14.2. The molecule has 0 aromatic heterocycles.